The van der Waals surface area contributed by atoms with Gasteiger partial charge in [0.25, 0.3) is 0 Å². The van der Waals surface area contributed by atoms with E-state index in [2.05, 4.69) is 52.6 Å². The Hall–Kier alpha value is -3.28. The molecule has 0 aliphatic rings. The Morgan fingerprint density at radius 2 is 1.70 bits per heavy atom. The molecule has 0 unspecified atom stereocenters. The summed E-state index contributed by atoms with van der Waals surface area (Å²) in [6.45, 7) is 4.23. The Balaban J connectivity index is 1.87. The van der Waals surface area contributed by atoms with E-state index in [1.807, 2.05) is 24.3 Å². The topological polar surface area (TPSA) is 68.3 Å². The molecular weight excluding hydrogens is 340 g/mol. The first-order valence-corrected chi connectivity index (χ1v) is 8.81. The normalized spacial score (nSPS) is 10.4. The van der Waals surface area contributed by atoms with Crippen LogP contribution in [0.5, 0.6) is 11.5 Å². The molecule has 0 bridgehead atoms. The van der Waals surface area contributed by atoms with Gasteiger partial charge in [-0.25, -0.2) is 9.97 Å². The molecule has 0 radical (unpaired) electrons. The Kier molecular flexibility index (Phi) is 5.76. The highest BCUT2D eigenvalue weighted by Crippen LogP contribution is 2.32. The van der Waals surface area contributed by atoms with E-state index in [0.29, 0.717) is 11.6 Å². The van der Waals surface area contributed by atoms with Crippen molar-refractivity contribution in [3.05, 3.63) is 59.9 Å². The summed E-state index contributed by atoms with van der Waals surface area (Å²) in [7, 11) is 3.26. The zero-order valence-electron chi connectivity index (χ0n) is 16.0. The van der Waals surface area contributed by atoms with Crippen LogP contribution in [0.4, 0.5) is 23.0 Å². The van der Waals surface area contributed by atoms with Gasteiger partial charge in [0.05, 0.1) is 19.9 Å². The highest BCUT2D eigenvalue weighted by molar-refractivity contribution is 5.70. The lowest BCUT2D eigenvalue weighted by Crippen LogP contribution is -2.02. The molecule has 3 rings (SSSR count). The van der Waals surface area contributed by atoms with E-state index in [9.17, 15) is 0 Å². The fourth-order valence-corrected chi connectivity index (χ4v) is 2.87. The molecule has 0 atom stereocenters. The first kappa shape index (κ1) is 18.5. The third-order valence-corrected chi connectivity index (χ3v) is 4.33. The van der Waals surface area contributed by atoms with E-state index < -0.39 is 0 Å². The number of rotatable bonds is 7. The zero-order chi connectivity index (χ0) is 19.2. The summed E-state index contributed by atoms with van der Waals surface area (Å²) in [5, 5.41) is 6.69. The molecule has 0 saturated heterocycles. The zero-order valence-corrected chi connectivity index (χ0v) is 16.0. The second-order valence-corrected chi connectivity index (χ2v) is 6.07. The van der Waals surface area contributed by atoms with Crippen LogP contribution in [0.3, 0.4) is 0 Å². The fraction of sp³-hybridized carbons (Fsp3) is 0.238. The fourth-order valence-electron chi connectivity index (χ4n) is 2.87. The predicted molar refractivity (Wildman–Crippen MR) is 109 cm³/mol. The molecular formula is C21H24N4O2. The van der Waals surface area contributed by atoms with Crippen molar-refractivity contribution in [2.24, 2.45) is 0 Å². The monoisotopic (exact) mass is 364 g/mol. The number of ether oxygens (including phenoxy) is 2. The summed E-state index contributed by atoms with van der Waals surface area (Å²) < 4.78 is 10.7. The molecule has 0 aliphatic carbocycles. The van der Waals surface area contributed by atoms with Gasteiger partial charge < -0.3 is 20.1 Å². The standard InChI is InChI=1S/C21H24N4O2/c1-5-15-8-6-7-14(2)21(15)25-20-12-19(22-13-23-20)24-17-11-16(26-3)9-10-18(17)27-4/h6-13H,5H2,1-4H3,(H2,22,23,24,25). The Labute approximate surface area is 159 Å². The van der Waals surface area contributed by atoms with E-state index in [1.165, 1.54) is 17.5 Å². The van der Waals surface area contributed by atoms with Crippen LogP contribution in [-0.4, -0.2) is 24.2 Å². The molecule has 0 spiro atoms. The van der Waals surface area contributed by atoms with Gasteiger partial charge in [0.2, 0.25) is 0 Å². The highest BCUT2D eigenvalue weighted by Gasteiger charge is 2.09. The molecule has 0 amide bonds. The summed E-state index contributed by atoms with van der Waals surface area (Å²) in [5.74, 6) is 2.82. The van der Waals surface area contributed by atoms with Gasteiger partial charge in [0.1, 0.15) is 29.5 Å². The molecule has 6 heteroatoms. The third-order valence-electron chi connectivity index (χ3n) is 4.33. The summed E-state index contributed by atoms with van der Waals surface area (Å²) in [4.78, 5) is 8.66. The number of hydrogen-bond donors (Lipinski definition) is 2. The SMILES string of the molecule is CCc1cccc(C)c1Nc1cc(Nc2cc(OC)ccc2OC)ncn1. The molecule has 3 aromatic rings. The maximum absolute atomic E-state index is 5.41. The first-order chi connectivity index (χ1) is 13.1. The molecule has 0 saturated carbocycles. The molecule has 27 heavy (non-hydrogen) atoms. The lowest BCUT2D eigenvalue weighted by atomic mass is 10.1. The van der Waals surface area contributed by atoms with Crippen LogP contribution in [0, 0.1) is 6.92 Å². The summed E-state index contributed by atoms with van der Waals surface area (Å²) in [5.41, 5.74) is 4.28. The van der Waals surface area contributed by atoms with Crippen molar-refractivity contribution >= 4 is 23.0 Å². The molecule has 1 heterocycles. The number of anilines is 4. The van der Waals surface area contributed by atoms with Crippen molar-refractivity contribution in [2.45, 2.75) is 20.3 Å². The van der Waals surface area contributed by atoms with Gasteiger partial charge in [-0.15, -0.1) is 0 Å². The van der Waals surface area contributed by atoms with E-state index >= 15 is 0 Å². The lowest BCUT2D eigenvalue weighted by Gasteiger charge is -2.15. The molecule has 2 aromatic carbocycles. The number of aromatic nitrogens is 2. The van der Waals surface area contributed by atoms with Gasteiger partial charge >= 0.3 is 0 Å². The van der Waals surface area contributed by atoms with Crippen LogP contribution in [0.15, 0.2) is 48.8 Å². The first-order valence-electron chi connectivity index (χ1n) is 8.81. The second-order valence-electron chi connectivity index (χ2n) is 6.07. The number of hydrogen-bond acceptors (Lipinski definition) is 6. The molecule has 0 aliphatic heterocycles. The van der Waals surface area contributed by atoms with E-state index in [0.717, 1.165) is 29.4 Å². The maximum Gasteiger partial charge on any atom is 0.142 e. The van der Waals surface area contributed by atoms with Crippen molar-refractivity contribution in [1.29, 1.82) is 0 Å². The van der Waals surface area contributed by atoms with Crippen LogP contribution < -0.4 is 20.1 Å². The van der Waals surface area contributed by atoms with Crippen molar-refractivity contribution in [1.82, 2.24) is 9.97 Å². The van der Waals surface area contributed by atoms with Crippen LogP contribution in [0.25, 0.3) is 0 Å². The van der Waals surface area contributed by atoms with Gasteiger partial charge in [-0.2, -0.15) is 0 Å². The minimum absolute atomic E-state index is 0.658. The average Bonchev–Trinajstić information content (AvgIpc) is 2.69. The smallest absolute Gasteiger partial charge is 0.142 e. The van der Waals surface area contributed by atoms with Crippen LogP contribution in [0.1, 0.15) is 18.1 Å². The van der Waals surface area contributed by atoms with Gasteiger partial charge in [-0.05, 0) is 36.6 Å². The molecule has 0 fully saturated rings. The van der Waals surface area contributed by atoms with Crippen LogP contribution >= 0.6 is 0 Å². The van der Waals surface area contributed by atoms with Gasteiger partial charge in [0, 0.05) is 17.8 Å². The minimum Gasteiger partial charge on any atom is -0.497 e. The van der Waals surface area contributed by atoms with E-state index in [4.69, 9.17) is 9.47 Å². The van der Waals surface area contributed by atoms with Crippen LogP contribution in [0.2, 0.25) is 0 Å². The molecule has 140 valence electrons. The molecule has 1 aromatic heterocycles. The van der Waals surface area contributed by atoms with Crippen molar-refractivity contribution in [3.63, 3.8) is 0 Å². The van der Waals surface area contributed by atoms with Crippen molar-refractivity contribution in [3.8, 4) is 11.5 Å². The van der Waals surface area contributed by atoms with Gasteiger partial charge in [0.15, 0.2) is 0 Å². The number of nitrogens with one attached hydrogen (secondary N) is 2. The van der Waals surface area contributed by atoms with Crippen molar-refractivity contribution in [2.75, 3.05) is 24.9 Å². The van der Waals surface area contributed by atoms with E-state index in [1.54, 1.807) is 14.2 Å². The number of methoxy groups -OCH3 is 2. The lowest BCUT2D eigenvalue weighted by molar-refractivity contribution is 0.405. The largest absolute Gasteiger partial charge is 0.497 e. The Morgan fingerprint density at radius 3 is 2.41 bits per heavy atom. The third kappa shape index (κ3) is 4.28. The quantitative estimate of drug-likeness (QED) is 0.624. The Morgan fingerprint density at radius 1 is 0.926 bits per heavy atom. The van der Waals surface area contributed by atoms with Gasteiger partial charge in [-0.3, -0.25) is 0 Å². The van der Waals surface area contributed by atoms with Gasteiger partial charge in [-0.1, -0.05) is 25.1 Å². The minimum atomic E-state index is 0.658. The molecule has 6 nitrogen and oxygen atoms in total. The number of para-hydroxylation sites is 1. The second kappa shape index (κ2) is 8.40. The Bertz CT molecular complexity index is 928. The highest BCUT2D eigenvalue weighted by atomic mass is 16.5. The number of aryl methyl sites for hydroxylation is 2. The van der Waals surface area contributed by atoms with Crippen molar-refractivity contribution < 1.29 is 9.47 Å². The summed E-state index contributed by atoms with van der Waals surface area (Å²) in [6, 6.07) is 13.7. The number of benzene rings is 2. The average molecular weight is 364 g/mol. The summed E-state index contributed by atoms with van der Waals surface area (Å²) in [6.07, 6.45) is 2.47. The predicted octanol–water partition coefficient (Wildman–Crippen LogP) is 4.85. The van der Waals surface area contributed by atoms with Crippen LogP contribution in [-0.2, 0) is 6.42 Å². The van der Waals surface area contributed by atoms with E-state index in [-0.39, 0.29) is 0 Å². The summed E-state index contributed by atoms with van der Waals surface area (Å²) >= 11 is 0. The molecule has 2 N–H and O–H groups in total. The maximum atomic E-state index is 5.41. The number of nitrogens with zero attached hydrogens (tertiary/aromatic N) is 2.